The minimum absolute atomic E-state index is 0.149. The van der Waals surface area contributed by atoms with E-state index in [0.29, 0.717) is 16.5 Å². The molecule has 0 radical (unpaired) electrons. The number of hydrogen-bond acceptors (Lipinski definition) is 8. The Morgan fingerprint density at radius 2 is 1.87 bits per heavy atom. The van der Waals surface area contributed by atoms with E-state index < -0.39 is 12.0 Å². The van der Waals surface area contributed by atoms with Crippen LogP contribution in [0.1, 0.15) is 17.3 Å². The van der Waals surface area contributed by atoms with Crippen molar-refractivity contribution >= 4 is 39.7 Å². The molecule has 0 saturated carbocycles. The number of methoxy groups -OCH3 is 1. The number of ether oxygens (including phenoxy) is 1. The molecule has 9 nitrogen and oxygen atoms in total. The van der Waals surface area contributed by atoms with Crippen molar-refractivity contribution in [1.29, 1.82) is 0 Å². The standard InChI is InChI=1S/C21H17N5O4S/c1-12-18(24-23-15-7-3-14(4-8-15)20(28)29)19(27)26(25-12)21-22-17(11-31-21)13-5-9-16(30-2)10-6-13/h3-11,18H,1-2H3,(H,28,29)/b24-23+. The summed E-state index contributed by atoms with van der Waals surface area (Å²) in [6.45, 7) is 1.70. The third-order valence-corrected chi connectivity index (χ3v) is 5.37. The highest BCUT2D eigenvalue weighted by Gasteiger charge is 2.36. The van der Waals surface area contributed by atoms with E-state index in [1.807, 2.05) is 29.6 Å². The van der Waals surface area contributed by atoms with Gasteiger partial charge in [-0.1, -0.05) is 0 Å². The molecule has 2 heterocycles. The first-order valence-electron chi connectivity index (χ1n) is 9.19. The predicted molar refractivity (Wildman–Crippen MR) is 116 cm³/mol. The van der Waals surface area contributed by atoms with E-state index in [2.05, 4.69) is 20.3 Å². The van der Waals surface area contributed by atoms with Crippen molar-refractivity contribution < 1.29 is 19.4 Å². The van der Waals surface area contributed by atoms with Gasteiger partial charge in [0.2, 0.25) is 5.13 Å². The van der Waals surface area contributed by atoms with Crippen LogP contribution in [0, 0.1) is 0 Å². The summed E-state index contributed by atoms with van der Waals surface area (Å²) in [6, 6.07) is 12.5. The van der Waals surface area contributed by atoms with Gasteiger partial charge < -0.3 is 9.84 Å². The van der Waals surface area contributed by atoms with Crippen LogP contribution in [0.2, 0.25) is 0 Å². The van der Waals surface area contributed by atoms with Gasteiger partial charge in [0.05, 0.1) is 29.8 Å². The van der Waals surface area contributed by atoms with Crippen molar-refractivity contribution in [1.82, 2.24) is 4.98 Å². The minimum Gasteiger partial charge on any atom is -0.497 e. The zero-order valence-corrected chi connectivity index (χ0v) is 17.4. The Morgan fingerprint density at radius 3 is 2.52 bits per heavy atom. The van der Waals surface area contributed by atoms with Crippen LogP contribution in [0.3, 0.4) is 0 Å². The fourth-order valence-corrected chi connectivity index (χ4v) is 3.66. The molecule has 1 amide bonds. The van der Waals surface area contributed by atoms with Gasteiger partial charge in [-0.2, -0.15) is 20.3 Å². The summed E-state index contributed by atoms with van der Waals surface area (Å²) in [5, 5.41) is 25.0. The summed E-state index contributed by atoms with van der Waals surface area (Å²) in [5.41, 5.74) is 2.72. The first-order valence-corrected chi connectivity index (χ1v) is 10.1. The number of carbonyl (C=O) groups is 2. The second-order valence-electron chi connectivity index (χ2n) is 6.61. The lowest BCUT2D eigenvalue weighted by atomic mass is 10.2. The van der Waals surface area contributed by atoms with Gasteiger partial charge >= 0.3 is 5.97 Å². The van der Waals surface area contributed by atoms with Crippen molar-refractivity contribution in [3.05, 3.63) is 59.5 Å². The average molecular weight is 435 g/mol. The number of carboxylic acids is 1. The molecular weight excluding hydrogens is 418 g/mol. The number of rotatable bonds is 6. The highest BCUT2D eigenvalue weighted by Crippen LogP contribution is 2.31. The first kappa shape index (κ1) is 20.4. The molecule has 10 heteroatoms. The van der Waals surface area contributed by atoms with Crippen molar-refractivity contribution in [2.75, 3.05) is 12.1 Å². The third kappa shape index (κ3) is 4.19. The zero-order valence-electron chi connectivity index (χ0n) is 16.6. The number of carbonyl (C=O) groups excluding carboxylic acids is 1. The Hall–Kier alpha value is -3.92. The van der Waals surface area contributed by atoms with Crippen LogP contribution < -0.4 is 9.75 Å². The van der Waals surface area contributed by atoms with Gasteiger partial charge in [0.1, 0.15) is 5.75 Å². The molecule has 4 rings (SSSR count). The molecule has 1 atom stereocenters. The smallest absolute Gasteiger partial charge is 0.335 e. The average Bonchev–Trinajstić information content (AvgIpc) is 3.37. The number of benzene rings is 2. The first-order chi connectivity index (χ1) is 15.0. The second-order valence-corrected chi connectivity index (χ2v) is 7.44. The van der Waals surface area contributed by atoms with Gasteiger partial charge in [-0.3, -0.25) is 4.79 Å². The molecule has 0 bridgehead atoms. The lowest BCUT2D eigenvalue weighted by molar-refractivity contribution is -0.117. The van der Waals surface area contributed by atoms with Crippen LogP contribution in [0.25, 0.3) is 11.3 Å². The van der Waals surface area contributed by atoms with Gasteiger partial charge in [0, 0.05) is 10.9 Å². The van der Waals surface area contributed by atoms with E-state index in [-0.39, 0.29) is 11.5 Å². The van der Waals surface area contributed by atoms with E-state index in [0.717, 1.165) is 17.0 Å². The quantitative estimate of drug-likeness (QED) is 0.576. The molecule has 1 N–H and O–H groups in total. The van der Waals surface area contributed by atoms with Gasteiger partial charge in [-0.15, -0.1) is 11.3 Å². The molecule has 1 unspecified atom stereocenters. The summed E-state index contributed by atoms with van der Waals surface area (Å²) in [7, 11) is 1.61. The third-order valence-electron chi connectivity index (χ3n) is 4.56. The van der Waals surface area contributed by atoms with Crippen LogP contribution in [-0.2, 0) is 4.79 Å². The van der Waals surface area contributed by atoms with Crippen molar-refractivity contribution in [2.45, 2.75) is 13.0 Å². The zero-order chi connectivity index (χ0) is 22.0. The number of nitrogens with zero attached hydrogens (tertiary/aromatic N) is 5. The van der Waals surface area contributed by atoms with Crippen LogP contribution in [0.15, 0.2) is 69.2 Å². The summed E-state index contributed by atoms with van der Waals surface area (Å²) >= 11 is 1.31. The molecule has 0 aliphatic carbocycles. The van der Waals surface area contributed by atoms with Gasteiger partial charge in [-0.25, -0.2) is 9.78 Å². The lowest BCUT2D eigenvalue weighted by Crippen LogP contribution is -2.29. The Morgan fingerprint density at radius 1 is 1.16 bits per heavy atom. The molecule has 1 aliphatic heterocycles. The van der Waals surface area contributed by atoms with E-state index in [1.165, 1.54) is 40.6 Å². The normalized spacial score (nSPS) is 16.1. The van der Waals surface area contributed by atoms with Crippen molar-refractivity contribution in [3.8, 4) is 17.0 Å². The molecule has 31 heavy (non-hydrogen) atoms. The maximum Gasteiger partial charge on any atom is 0.335 e. The highest BCUT2D eigenvalue weighted by atomic mass is 32.1. The summed E-state index contributed by atoms with van der Waals surface area (Å²) < 4.78 is 5.17. The number of anilines is 1. The summed E-state index contributed by atoms with van der Waals surface area (Å²) in [4.78, 5) is 28.3. The Balaban J connectivity index is 1.50. The largest absolute Gasteiger partial charge is 0.497 e. The van der Waals surface area contributed by atoms with E-state index in [9.17, 15) is 9.59 Å². The molecule has 1 aromatic heterocycles. The maximum atomic E-state index is 12.8. The van der Waals surface area contributed by atoms with E-state index >= 15 is 0 Å². The number of thiazole rings is 1. The Kier molecular flexibility index (Phi) is 5.54. The number of amides is 1. The molecule has 0 saturated heterocycles. The fraction of sp³-hybridized carbons (Fsp3) is 0.143. The highest BCUT2D eigenvalue weighted by molar-refractivity contribution is 7.14. The van der Waals surface area contributed by atoms with E-state index in [1.54, 1.807) is 14.0 Å². The minimum atomic E-state index is -1.02. The summed E-state index contributed by atoms with van der Waals surface area (Å²) in [5.74, 6) is -0.621. The lowest BCUT2D eigenvalue weighted by Gasteiger charge is -2.08. The number of azo groups is 1. The number of carboxylic acid groups (broad SMARTS) is 1. The summed E-state index contributed by atoms with van der Waals surface area (Å²) in [6.07, 6.45) is 0. The van der Waals surface area contributed by atoms with Crippen LogP contribution in [0.5, 0.6) is 5.75 Å². The van der Waals surface area contributed by atoms with Crippen LogP contribution in [-0.4, -0.2) is 40.8 Å². The topological polar surface area (TPSA) is 117 Å². The Bertz CT molecular complexity index is 1190. The van der Waals surface area contributed by atoms with Gasteiger partial charge in [-0.05, 0) is 55.5 Å². The van der Waals surface area contributed by atoms with Crippen LogP contribution in [0.4, 0.5) is 10.8 Å². The van der Waals surface area contributed by atoms with Gasteiger partial charge in [0.15, 0.2) is 6.04 Å². The molecule has 2 aromatic carbocycles. The number of hydrogen-bond donors (Lipinski definition) is 1. The molecule has 0 spiro atoms. The van der Waals surface area contributed by atoms with Gasteiger partial charge in [0.25, 0.3) is 5.91 Å². The Labute approximate surface area is 181 Å². The molecular formula is C21H17N5O4S. The SMILES string of the molecule is COc1ccc(-c2csc(N3N=C(C)C(/N=N/c4ccc(C(=O)O)cc4)C3=O)n2)cc1. The van der Waals surface area contributed by atoms with Crippen molar-refractivity contribution in [2.24, 2.45) is 15.3 Å². The predicted octanol–water partition coefficient (Wildman–Crippen LogP) is 4.39. The number of hydrazone groups is 1. The fourth-order valence-electron chi connectivity index (χ4n) is 2.88. The number of aromatic nitrogens is 1. The molecule has 1 aliphatic rings. The maximum absolute atomic E-state index is 12.8. The van der Waals surface area contributed by atoms with Crippen LogP contribution >= 0.6 is 11.3 Å². The molecule has 156 valence electrons. The van der Waals surface area contributed by atoms with Crippen molar-refractivity contribution in [3.63, 3.8) is 0 Å². The molecule has 0 fully saturated rings. The molecule has 3 aromatic rings. The second kappa shape index (κ2) is 8.44. The van der Waals surface area contributed by atoms with E-state index in [4.69, 9.17) is 9.84 Å². The number of aromatic carboxylic acids is 1. The monoisotopic (exact) mass is 435 g/mol.